The van der Waals surface area contributed by atoms with Crippen molar-refractivity contribution < 1.29 is 32.6 Å². The molecule has 0 spiro atoms. The highest BCUT2D eigenvalue weighted by atomic mass is 32.1. The number of benzene rings is 2. The summed E-state index contributed by atoms with van der Waals surface area (Å²) in [4.78, 5) is 31.8. The molecular formula is C30H30F3N3O4S. The lowest BCUT2D eigenvalue weighted by Crippen LogP contribution is -2.45. The second-order valence-corrected chi connectivity index (χ2v) is 12.2. The smallest absolute Gasteiger partial charge is 0.417 e. The number of aromatic nitrogens is 1. The third-order valence-corrected chi connectivity index (χ3v) is 9.40. The lowest BCUT2D eigenvalue weighted by molar-refractivity contribution is -0.137. The molecule has 6 rings (SSSR count). The van der Waals surface area contributed by atoms with Gasteiger partial charge in [-0.25, -0.2) is 9.78 Å². The van der Waals surface area contributed by atoms with Crippen LogP contribution in [0.5, 0.6) is 0 Å². The summed E-state index contributed by atoms with van der Waals surface area (Å²) in [5.41, 5.74) is 7.04. The van der Waals surface area contributed by atoms with Crippen LogP contribution in [0.15, 0.2) is 42.0 Å². The maximum absolute atomic E-state index is 13.7. The van der Waals surface area contributed by atoms with E-state index in [2.05, 4.69) is 4.90 Å². The monoisotopic (exact) mass is 585 g/mol. The van der Waals surface area contributed by atoms with Crippen molar-refractivity contribution in [3.05, 3.63) is 64.2 Å². The molecule has 0 radical (unpaired) electrons. The molecule has 7 nitrogen and oxygen atoms in total. The fourth-order valence-electron chi connectivity index (χ4n) is 6.20. The molecule has 2 aromatic carbocycles. The highest BCUT2D eigenvalue weighted by molar-refractivity contribution is 7.22. The maximum Gasteiger partial charge on any atom is 0.417 e. The molecule has 3 aromatic rings. The number of aryl methyl sites for hydroxylation is 1. The number of aromatic carboxylic acids is 1. The van der Waals surface area contributed by atoms with Gasteiger partial charge in [-0.05, 0) is 69.2 Å². The fourth-order valence-corrected chi connectivity index (χ4v) is 7.42. The molecule has 3 fully saturated rings. The summed E-state index contributed by atoms with van der Waals surface area (Å²) in [6.07, 6.45) is -0.0913. The molecule has 2 aliphatic heterocycles. The average Bonchev–Trinajstić information content (AvgIpc) is 3.63. The molecule has 1 aromatic heterocycles. The number of rotatable bonds is 8. The Morgan fingerprint density at radius 3 is 2.44 bits per heavy atom. The van der Waals surface area contributed by atoms with Crippen LogP contribution < -0.4 is 10.6 Å². The molecule has 1 aliphatic carbocycles. The van der Waals surface area contributed by atoms with Crippen LogP contribution in [0.1, 0.15) is 65.6 Å². The number of thiazole rings is 1. The zero-order valence-corrected chi connectivity index (χ0v) is 23.2. The third-order valence-electron chi connectivity index (χ3n) is 8.39. The van der Waals surface area contributed by atoms with Crippen LogP contribution in [0.3, 0.4) is 0 Å². The number of halogens is 3. The summed E-state index contributed by atoms with van der Waals surface area (Å²) >= 11 is 1.49. The largest absolute Gasteiger partial charge is 0.478 e. The van der Waals surface area contributed by atoms with Gasteiger partial charge in [-0.1, -0.05) is 29.5 Å². The number of ether oxygens (including phenoxy) is 1. The predicted molar refractivity (Wildman–Crippen MR) is 150 cm³/mol. The summed E-state index contributed by atoms with van der Waals surface area (Å²) in [6.45, 7) is 1.73. The maximum atomic E-state index is 13.7. The Hall–Kier alpha value is -3.44. The average molecular weight is 586 g/mol. The van der Waals surface area contributed by atoms with E-state index in [0.29, 0.717) is 25.7 Å². The second-order valence-electron chi connectivity index (χ2n) is 11.2. The first-order valence-electron chi connectivity index (χ1n) is 13.7. The first kappa shape index (κ1) is 27.7. The van der Waals surface area contributed by atoms with Gasteiger partial charge in [0.15, 0.2) is 10.9 Å². The number of Topliss-reactive ketones (excluding diaryl/α,β-unsaturated/α-hetero) is 1. The summed E-state index contributed by atoms with van der Waals surface area (Å²) in [5, 5.41) is 10.3. The van der Waals surface area contributed by atoms with Crippen LogP contribution >= 0.6 is 11.3 Å². The second kappa shape index (κ2) is 10.4. The lowest BCUT2D eigenvalue weighted by atomic mass is 9.97. The van der Waals surface area contributed by atoms with Crippen molar-refractivity contribution in [3.8, 4) is 0 Å². The zero-order chi connectivity index (χ0) is 29.1. The van der Waals surface area contributed by atoms with Gasteiger partial charge in [-0.2, -0.15) is 13.2 Å². The Kier molecular flexibility index (Phi) is 7.05. The first-order chi connectivity index (χ1) is 19.5. The first-order valence-corrected chi connectivity index (χ1v) is 14.6. The summed E-state index contributed by atoms with van der Waals surface area (Å²) < 4.78 is 48.2. The number of ketones is 1. The van der Waals surface area contributed by atoms with Crippen molar-refractivity contribution >= 4 is 44.1 Å². The molecule has 0 amide bonds. The molecule has 3 heterocycles. The Balaban J connectivity index is 1.21. The van der Waals surface area contributed by atoms with Crippen molar-refractivity contribution in [2.45, 2.75) is 69.8 Å². The van der Waals surface area contributed by atoms with E-state index in [0.717, 1.165) is 39.8 Å². The van der Waals surface area contributed by atoms with E-state index >= 15 is 0 Å². The van der Waals surface area contributed by atoms with Crippen LogP contribution in [0, 0.1) is 12.8 Å². The van der Waals surface area contributed by atoms with Crippen molar-refractivity contribution in [1.29, 1.82) is 0 Å². The van der Waals surface area contributed by atoms with Crippen LogP contribution in [0.2, 0.25) is 0 Å². The number of carboxylic acids is 1. The molecule has 2 unspecified atom stereocenters. The Bertz CT molecular complexity index is 1550. The number of anilines is 1. The van der Waals surface area contributed by atoms with Crippen molar-refractivity contribution in [3.63, 3.8) is 0 Å². The van der Waals surface area contributed by atoms with Crippen molar-refractivity contribution in [1.82, 2.24) is 4.98 Å². The summed E-state index contributed by atoms with van der Waals surface area (Å²) in [7, 11) is 0. The van der Waals surface area contributed by atoms with Gasteiger partial charge in [0, 0.05) is 34.8 Å². The zero-order valence-electron chi connectivity index (χ0n) is 22.4. The molecule has 1 saturated carbocycles. The molecule has 216 valence electrons. The van der Waals surface area contributed by atoms with Gasteiger partial charge in [0.2, 0.25) is 0 Å². The molecule has 3 atom stereocenters. The van der Waals surface area contributed by atoms with Gasteiger partial charge in [0.25, 0.3) is 0 Å². The predicted octanol–water partition coefficient (Wildman–Crippen LogP) is 6.19. The summed E-state index contributed by atoms with van der Waals surface area (Å²) in [6, 6.07) is 8.68. The Morgan fingerprint density at radius 2 is 1.80 bits per heavy atom. The van der Waals surface area contributed by atoms with Gasteiger partial charge < -0.3 is 20.5 Å². The van der Waals surface area contributed by atoms with Gasteiger partial charge in [-0.15, -0.1) is 0 Å². The van der Waals surface area contributed by atoms with Crippen molar-refractivity contribution in [2.24, 2.45) is 11.7 Å². The molecular weight excluding hydrogens is 555 g/mol. The van der Waals surface area contributed by atoms with Gasteiger partial charge >= 0.3 is 12.1 Å². The van der Waals surface area contributed by atoms with Gasteiger partial charge in [-0.3, -0.25) is 4.79 Å². The fraction of sp³-hybridized carbons (Fsp3) is 0.433. The summed E-state index contributed by atoms with van der Waals surface area (Å²) in [5.74, 6) is -1.42. The number of nitrogens with zero attached hydrogens (tertiary/aromatic N) is 2. The van der Waals surface area contributed by atoms with E-state index in [1.165, 1.54) is 29.5 Å². The van der Waals surface area contributed by atoms with Gasteiger partial charge in [0.1, 0.15) is 0 Å². The van der Waals surface area contributed by atoms with Crippen LogP contribution in [-0.4, -0.2) is 46.6 Å². The van der Waals surface area contributed by atoms with E-state index in [1.54, 1.807) is 12.1 Å². The minimum absolute atomic E-state index is 0.120. The van der Waals surface area contributed by atoms with E-state index in [4.69, 9.17) is 15.5 Å². The lowest BCUT2D eigenvalue weighted by Gasteiger charge is -2.38. The normalized spacial score (nSPS) is 23.1. The molecule has 2 saturated heterocycles. The highest BCUT2D eigenvalue weighted by Crippen LogP contribution is 2.44. The highest BCUT2D eigenvalue weighted by Gasteiger charge is 2.43. The topological polar surface area (TPSA) is 106 Å². The minimum atomic E-state index is -4.60. The minimum Gasteiger partial charge on any atom is -0.478 e. The number of piperidine rings is 1. The van der Waals surface area contributed by atoms with Crippen LogP contribution in [-0.2, 0) is 15.7 Å². The number of fused-ring (bicyclic) bond motifs is 3. The molecule has 11 heteroatoms. The quantitative estimate of drug-likeness (QED) is 0.304. The number of nitrogens with two attached hydrogens (primary N) is 1. The number of hydrogen-bond donors (Lipinski definition) is 2. The molecule has 3 aliphatic rings. The number of carbonyl (C=O) groups is 2. The van der Waals surface area contributed by atoms with E-state index in [-0.39, 0.29) is 58.9 Å². The van der Waals surface area contributed by atoms with Crippen LogP contribution in [0.4, 0.5) is 18.3 Å². The third kappa shape index (κ3) is 5.32. The molecule has 2 bridgehead atoms. The van der Waals surface area contributed by atoms with E-state index in [1.807, 2.05) is 6.92 Å². The Labute approximate surface area is 238 Å². The SMILES string of the molecule is Cc1cc(C(=O)O)cc2sc(N3C4CC[C@H]3CC(OCC(C(=O)C3CC3)=C(N)c3ccccc3C(F)(F)F)C4)nc12. The van der Waals surface area contributed by atoms with Gasteiger partial charge in [0.05, 0.1) is 34.1 Å². The standard InChI is InChI=1S/C30H30F3N3O4S/c1-15-10-17(28(38)39)11-24-26(15)35-29(41-24)36-18-8-9-19(36)13-20(12-18)40-14-22(27(37)16-6-7-16)25(34)21-4-2-3-5-23(21)30(31,32)33/h2-5,10-11,16,18-20H,6-9,12-14,34H2,1H3,(H,38,39)/t18-,19?,20?/m0/s1. The Morgan fingerprint density at radius 1 is 1.12 bits per heavy atom. The van der Waals surface area contributed by atoms with E-state index < -0.39 is 17.7 Å². The van der Waals surface area contributed by atoms with E-state index in [9.17, 15) is 27.9 Å². The number of carboxylic acid groups (broad SMARTS) is 1. The van der Waals surface area contributed by atoms with Crippen LogP contribution in [0.25, 0.3) is 15.9 Å². The molecule has 3 N–H and O–H groups in total. The number of alkyl halides is 3. The molecule has 41 heavy (non-hydrogen) atoms. The van der Waals surface area contributed by atoms with Crippen molar-refractivity contribution in [2.75, 3.05) is 11.5 Å². The number of hydrogen-bond acceptors (Lipinski definition) is 7. The number of carbonyl (C=O) groups excluding carboxylic acids is 1.